The van der Waals surface area contributed by atoms with Crippen LogP contribution in [0.4, 0.5) is 5.00 Å². The molecule has 1 aromatic carbocycles. The number of methoxy groups -OCH3 is 1. The van der Waals surface area contributed by atoms with Gasteiger partial charge in [-0.3, -0.25) is 10.1 Å². The fourth-order valence-corrected chi connectivity index (χ4v) is 4.53. The van der Waals surface area contributed by atoms with Crippen LogP contribution in [0.2, 0.25) is 0 Å². The molecule has 2 aromatic rings. The number of benzene rings is 1. The number of hydrogen-bond acceptors (Lipinski definition) is 6. The van der Waals surface area contributed by atoms with Crippen LogP contribution in [0.1, 0.15) is 39.2 Å². The minimum Gasteiger partial charge on any atom is -0.491 e. The van der Waals surface area contributed by atoms with E-state index in [2.05, 4.69) is 16.7 Å². The average Bonchev–Trinajstić information content (AvgIpc) is 3.05. The zero-order valence-electron chi connectivity index (χ0n) is 15.5. The molecule has 0 radical (unpaired) electrons. The zero-order chi connectivity index (χ0) is 19.9. The number of thiocarbonyl (C=S) groups is 1. The monoisotopic (exact) mass is 415 g/mol. The molecule has 1 aliphatic carbocycles. The van der Waals surface area contributed by atoms with E-state index < -0.39 is 0 Å². The summed E-state index contributed by atoms with van der Waals surface area (Å²) in [5, 5.41) is 16.1. The molecule has 0 bridgehead atoms. The molecular weight excluding hydrogens is 394 g/mol. The van der Waals surface area contributed by atoms with Gasteiger partial charge in [0.1, 0.15) is 23.4 Å². The molecule has 0 saturated heterocycles. The van der Waals surface area contributed by atoms with E-state index in [1.165, 1.54) is 4.88 Å². The molecule has 3 rings (SSSR count). The molecule has 1 aliphatic rings. The molecule has 2 N–H and O–H groups in total. The van der Waals surface area contributed by atoms with Crippen molar-refractivity contribution in [3.05, 3.63) is 45.8 Å². The summed E-state index contributed by atoms with van der Waals surface area (Å²) in [6, 6.07) is 9.07. The Morgan fingerprint density at radius 1 is 1.25 bits per heavy atom. The lowest BCUT2D eigenvalue weighted by Crippen LogP contribution is -2.34. The van der Waals surface area contributed by atoms with Crippen LogP contribution in [-0.4, -0.2) is 31.3 Å². The van der Waals surface area contributed by atoms with Crippen LogP contribution in [0, 0.1) is 11.3 Å². The second-order valence-electron chi connectivity index (χ2n) is 6.30. The molecule has 0 aliphatic heterocycles. The summed E-state index contributed by atoms with van der Waals surface area (Å²) in [6.07, 6.45) is 4.16. The third-order valence-corrected chi connectivity index (χ3v) is 5.82. The van der Waals surface area contributed by atoms with E-state index in [1.54, 1.807) is 42.7 Å². The largest absolute Gasteiger partial charge is 0.491 e. The summed E-state index contributed by atoms with van der Waals surface area (Å²) in [5.74, 6) is 0.345. The summed E-state index contributed by atoms with van der Waals surface area (Å²) in [5.41, 5.74) is 2.24. The standard InChI is InChI=1S/C20H21N3O3S2/c1-25-10-11-26-14-8-6-13(7-9-14)18(24)22-20(27)23-19-16(12-21)15-4-2-3-5-17(15)28-19/h6-9H,2-5,10-11H2,1H3,(H2,22,23,24,27). The van der Waals surface area contributed by atoms with Crippen molar-refractivity contribution in [3.8, 4) is 11.8 Å². The van der Waals surface area contributed by atoms with Gasteiger partial charge in [0.05, 0.1) is 12.2 Å². The van der Waals surface area contributed by atoms with Crippen molar-refractivity contribution in [2.24, 2.45) is 0 Å². The molecule has 6 nitrogen and oxygen atoms in total. The highest BCUT2D eigenvalue weighted by Gasteiger charge is 2.21. The summed E-state index contributed by atoms with van der Waals surface area (Å²) in [7, 11) is 1.61. The lowest BCUT2D eigenvalue weighted by atomic mass is 9.96. The van der Waals surface area contributed by atoms with Crippen LogP contribution in [0.15, 0.2) is 24.3 Å². The highest BCUT2D eigenvalue weighted by Crippen LogP contribution is 2.37. The number of fused-ring (bicyclic) bond motifs is 1. The van der Waals surface area contributed by atoms with Crippen molar-refractivity contribution in [2.45, 2.75) is 25.7 Å². The second-order valence-corrected chi connectivity index (χ2v) is 7.81. The van der Waals surface area contributed by atoms with Crippen LogP contribution in [0.5, 0.6) is 5.75 Å². The lowest BCUT2D eigenvalue weighted by molar-refractivity contribution is 0.0977. The Morgan fingerprint density at radius 2 is 2.00 bits per heavy atom. The SMILES string of the molecule is COCCOc1ccc(C(=O)NC(=S)Nc2sc3c(c2C#N)CCCC3)cc1. The van der Waals surface area contributed by atoms with E-state index in [0.717, 1.165) is 31.2 Å². The minimum absolute atomic E-state index is 0.181. The van der Waals surface area contributed by atoms with Gasteiger partial charge < -0.3 is 14.8 Å². The van der Waals surface area contributed by atoms with E-state index in [9.17, 15) is 10.1 Å². The molecule has 0 spiro atoms. The zero-order valence-corrected chi connectivity index (χ0v) is 17.2. The van der Waals surface area contributed by atoms with Crippen molar-refractivity contribution in [1.29, 1.82) is 5.26 Å². The first-order valence-electron chi connectivity index (χ1n) is 9.01. The number of hydrogen-bond donors (Lipinski definition) is 2. The number of nitrogens with one attached hydrogen (secondary N) is 2. The predicted octanol–water partition coefficient (Wildman–Crippen LogP) is 3.65. The Kier molecular flexibility index (Phi) is 6.98. The Morgan fingerprint density at radius 3 is 2.71 bits per heavy atom. The van der Waals surface area contributed by atoms with Gasteiger partial charge in [0.2, 0.25) is 0 Å². The van der Waals surface area contributed by atoms with E-state index in [1.807, 2.05) is 0 Å². The first-order valence-corrected chi connectivity index (χ1v) is 10.2. The second kappa shape index (κ2) is 9.64. The highest BCUT2D eigenvalue weighted by atomic mass is 32.1. The molecule has 0 fully saturated rings. The maximum Gasteiger partial charge on any atom is 0.257 e. The van der Waals surface area contributed by atoms with Gasteiger partial charge in [-0.25, -0.2) is 0 Å². The van der Waals surface area contributed by atoms with Crippen molar-refractivity contribution < 1.29 is 14.3 Å². The summed E-state index contributed by atoms with van der Waals surface area (Å²) >= 11 is 6.82. The number of nitrogens with zero attached hydrogens (tertiary/aromatic N) is 1. The third-order valence-electron chi connectivity index (χ3n) is 4.41. The molecule has 8 heteroatoms. The quantitative estimate of drug-likeness (QED) is 0.553. The predicted molar refractivity (Wildman–Crippen MR) is 113 cm³/mol. The van der Waals surface area contributed by atoms with Gasteiger partial charge >= 0.3 is 0 Å². The normalized spacial score (nSPS) is 12.6. The average molecular weight is 416 g/mol. The fourth-order valence-electron chi connectivity index (χ4n) is 3.03. The number of carbonyl (C=O) groups excluding carboxylic acids is 1. The summed E-state index contributed by atoms with van der Waals surface area (Å²) in [4.78, 5) is 13.6. The summed E-state index contributed by atoms with van der Waals surface area (Å²) < 4.78 is 10.4. The maximum absolute atomic E-state index is 12.4. The van der Waals surface area contributed by atoms with E-state index >= 15 is 0 Å². The van der Waals surface area contributed by atoms with Gasteiger partial charge in [0, 0.05) is 17.6 Å². The van der Waals surface area contributed by atoms with Crippen LogP contribution in [0.25, 0.3) is 0 Å². The first kappa shape index (κ1) is 20.3. The number of aryl methyl sites for hydroxylation is 1. The smallest absolute Gasteiger partial charge is 0.257 e. The minimum atomic E-state index is -0.319. The topological polar surface area (TPSA) is 83.4 Å². The van der Waals surface area contributed by atoms with Crippen molar-refractivity contribution in [2.75, 3.05) is 25.6 Å². The Balaban J connectivity index is 1.60. The maximum atomic E-state index is 12.4. The van der Waals surface area contributed by atoms with Gasteiger partial charge in [0.15, 0.2) is 5.11 Å². The first-order chi connectivity index (χ1) is 13.6. The van der Waals surface area contributed by atoms with Gasteiger partial charge in [0.25, 0.3) is 5.91 Å². The molecule has 146 valence electrons. The van der Waals surface area contributed by atoms with Gasteiger partial charge in [-0.1, -0.05) is 0 Å². The van der Waals surface area contributed by atoms with Crippen LogP contribution < -0.4 is 15.4 Å². The van der Waals surface area contributed by atoms with Gasteiger partial charge in [-0.2, -0.15) is 5.26 Å². The number of anilines is 1. The Bertz CT molecular complexity index is 901. The fraction of sp³-hybridized carbons (Fsp3) is 0.350. The molecule has 1 amide bonds. The molecule has 0 atom stereocenters. The molecule has 28 heavy (non-hydrogen) atoms. The van der Waals surface area contributed by atoms with E-state index in [-0.39, 0.29) is 11.0 Å². The number of ether oxygens (including phenoxy) is 2. The van der Waals surface area contributed by atoms with Crippen LogP contribution in [0.3, 0.4) is 0 Å². The highest BCUT2D eigenvalue weighted by molar-refractivity contribution is 7.80. The molecule has 1 aromatic heterocycles. The molecule has 1 heterocycles. The van der Waals surface area contributed by atoms with Gasteiger partial charge in [-0.05, 0) is 67.7 Å². The third kappa shape index (κ3) is 4.87. The van der Waals surface area contributed by atoms with E-state index in [0.29, 0.717) is 35.1 Å². The number of amides is 1. The molecule has 0 saturated carbocycles. The number of nitriles is 1. The molecule has 0 unspecified atom stereocenters. The number of carbonyl (C=O) groups is 1. The summed E-state index contributed by atoms with van der Waals surface area (Å²) in [6.45, 7) is 0.946. The van der Waals surface area contributed by atoms with Crippen molar-refractivity contribution >= 4 is 39.6 Å². The van der Waals surface area contributed by atoms with Crippen LogP contribution in [-0.2, 0) is 17.6 Å². The van der Waals surface area contributed by atoms with Crippen molar-refractivity contribution in [1.82, 2.24) is 5.32 Å². The van der Waals surface area contributed by atoms with E-state index in [4.69, 9.17) is 21.7 Å². The number of rotatable bonds is 6. The Hall–Kier alpha value is -2.47. The molecular formula is C20H21N3O3S2. The van der Waals surface area contributed by atoms with Crippen LogP contribution >= 0.6 is 23.6 Å². The Labute approximate surface area is 173 Å². The number of thiophene rings is 1. The van der Waals surface area contributed by atoms with Gasteiger partial charge in [-0.15, -0.1) is 11.3 Å². The lowest BCUT2D eigenvalue weighted by Gasteiger charge is -2.10. The van der Waals surface area contributed by atoms with Crippen molar-refractivity contribution in [3.63, 3.8) is 0 Å².